The Labute approximate surface area is 166 Å². The van der Waals surface area contributed by atoms with Crippen LogP contribution in [0.3, 0.4) is 0 Å². The summed E-state index contributed by atoms with van der Waals surface area (Å²) in [6, 6.07) is 17.8. The molecule has 0 aromatic heterocycles. The highest BCUT2D eigenvalue weighted by atomic mass is 16.4. The van der Waals surface area contributed by atoms with Crippen LogP contribution in [0, 0.1) is 0 Å². The van der Waals surface area contributed by atoms with Gasteiger partial charge < -0.3 is 5.11 Å². The molecule has 2 amide bonds. The second kappa shape index (κ2) is 6.55. The highest BCUT2D eigenvalue weighted by molar-refractivity contribution is 6.23. The van der Waals surface area contributed by atoms with Gasteiger partial charge in [0.2, 0.25) is 11.8 Å². The Bertz CT molecular complexity index is 1260. The average molecular weight is 385 g/mol. The van der Waals surface area contributed by atoms with E-state index in [0.717, 1.165) is 37.9 Å². The van der Waals surface area contributed by atoms with Crippen LogP contribution in [0.5, 0.6) is 0 Å². The summed E-state index contributed by atoms with van der Waals surface area (Å²) in [5.41, 5.74) is 0.834. The fourth-order valence-electron chi connectivity index (χ4n) is 4.67. The van der Waals surface area contributed by atoms with Gasteiger partial charge in [-0.15, -0.1) is 0 Å². The van der Waals surface area contributed by atoms with Gasteiger partial charge in [0.1, 0.15) is 0 Å². The van der Waals surface area contributed by atoms with Crippen LogP contribution in [0.2, 0.25) is 0 Å². The molecule has 1 atom stereocenters. The molecule has 0 spiro atoms. The van der Waals surface area contributed by atoms with Crippen LogP contribution in [-0.4, -0.2) is 27.8 Å². The molecular weight excluding hydrogens is 366 g/mol. The van der Waals surface area contributed by atoms with E-state index >= 15 is 0 Å². The van der Waals surface area contributed by atoms with Crippen molar-refractivity contribution in [3.8, 4) is 0 Å². The second-order valence-electron chi connectivity index (χ2n) is 7.62. The van der Waals surface area contributed by atoms with Gasteiger partial charge in [-0.1, -0.05) is 54.6 Å². The minimum atomic E-state index is -0.938. The third kappa shape index (κ3) is 2.73. The van der Waals surface area contributed by atoms with E-state index < -0.39 is 12.0 Å². The molecule has 1 unspecified atom stereocenters. The zero-order valence-corrected chi connectivity index (χ0v) is 15.7. The first-order chi connectivity index (χ1) is 14.0. The van der Waals surface area contributed by atoms with E-state index in [1.54, 1.807) is 0 Å². The van der Waals surface area contributed by atoms with E-state index in [-0.39, 0.29) is 37.5 Å². The van der Waals surface area contributed by atoms with Crippen LogP contribution in [0.1, 0.15) is 37.3 Å². The van der Waals surface area contributed by atoms with Crippen LogP contribution >= 0.6 is 0 Å². The number of hydrogen-bond acceptors (Lipinski definition) is 3. The van der Waals surface area contributed by atoms with Crippen LogP contribution in [0.4, 0.5) is 0 Å². The summed E-state index contributed by atoms with van der Waals surface area (Å²) in [5.74, 6) is -1.39. The lowest BCUT2D eigenvalue weighted by molar-refractivity contribution is -0.144. The Balaban J connectivity index is 1.77. The van der Waals surface area contributed by atoms with Gasteiger partial charge in [0.25, 0.3) is 0 Å². The van der Waals surface area contributed by atoms with Crippen molar-refractivity contribution in [2.24, 2.45) is 0 Å². The first kappa shape index (κ1) is 17.6. The number of rotatable bonds is 5. The number of aliphatic carboxylic acids is 1. The van der Waals surface area contributed by atoms with Crippen molar-refractivity contribution < 1.29 is 19.5 Å². The summed E-state index contributed by atoms with van der Waals surface area (Å²) < 4.78 is 0. The number of hydrogen-bond donors (Lipinski definition) is 1. The highest BCUT2D eigenvalue weighted by Gasteiger charge is 2.36. The van der Waals surface area contributed by atoms with E-state index in [0.29, 0.717) is 0 Å². The monoisotopic (exact) mass is 385 g/mol. The topological polar surface area (TPSA) is 74.7 Å². The Morgan fingerprint density at radius 1 is 0.862 bits per heavy atom. The molecule has 0 bridgehead atoms. The number of imide groups is 1. The summed E-state index contributed by atoms with van der Waals surface area (Å²) >= 11 is 0. The van der Waals surface area contributed by atoms with E-state index in [4.69, 9.17) is 0 Å². The largest absolute Gasteiger partial charge is 0.481 e. The molecule has 1 saturated heterocycles. The summed E-state index contributed by atoms with van der Waals surface area (Å²) in [4.78, 5) is 37.5. The minimum absolute atomic E-state index is 0.107. The number of carbonyl (C=O) groups is 3. The molecule has 0 radical (unpaired) electrons. The molecule has 29 heavy (non-hydrogen) atoms. The van der Waals surface area contributed by atoms with Gasteiger partial charge >= 0.3 is 5.97 Å². The second-order valence-corrected chi connectivity index (χ2v) is 7.62. The number of likely N-dealkylation sites (tertiary alicyclic amines) is 1. The first-order valence-electron chi connectivity index (χ1n) is 9.78. The smallest absolute Gasteiger partial charge is 0.303 e. The zero-order valence-electron chi connectivity index (χ0n) is 15.7. The SMILES string of the molecule is O=C(O)CCC(c1ccc2ccc3cccc4ccc1c2c34)N1C(=O)CCC1=O. The third-order valence-corrected chi connectivity index (χ3v) is 5.95. The summed E-state index contributed by atoms with van der Waals surface area (Å²) in [6.45, 7) is 0. The molecule has 5 nitrogen and oxygen atoms in total. The van der Waals surface area contributed by atoms with Crippen molar-refractivity contribution in [2.45, 2.75) is 31.7 Å². The maximum atomic E-state index is 12.5. The number of amides is 2. The lowest BCUT2D eigenvalue weighted by Crippen LogP contribution is -2.34. The Morgan fingerprint density at radius 3 is 2.10 bits per heavy atom. The molecule has 5 heteroatoms. The van der Waals surface area contributed by atoms with Gasteiger partial charge in [0.05, 0.1) is 6.04 Å². The molecular formula is C24H19NO4. The third-order valence-electron chi connectivity index (χ3n) is 5.95. The van der Waals surface area contributed by atoms with Crippen molar-refractivity contribution in [1.82, 2.24) is 4.90 Å². The predicted octanol–water partition coefficient (Wildman–Crippen LogP) is 4.64. The average Bonchev–Trinajstić information content (AvgIpc) is 3.05. The van der Waals surface area contributed by atoms with Gasteiger partial charge in [-0.3, -0.25) is 19.3 Å². The number of carboxylic acids is 1. The van der Waals surface area contributed by atoms with E-state index in [1.165, 1.54) is 4.90 Å². The fraction of sp³-hybridized carbons (Fsp3) is 0.208. The van der Waals surface area contributed by atoms with Gasteiger partial charge in [0.15, 0.2) is 0 Å². The molecule has 1 heterocycles. The molecule has 1 N–H and O–H groups in total. The summed E-state index contributed by atoms with van der Waals surface area (Å²) in [5, 5.41) is 15.8. The normalized spacial score (nSPS) is 15.8. The highest BCUT2D eigenvalue weighted by Crippen LogP contribution is 2.40. The van der Waals surface area contributed by atoms with Crippen LogP contribution in [-0.2, 0) is 14.4 Å². The molecule has 1 fully saturated rings. The van der Waals surface area contributed by atoms with Crippen LogP contribution < -0.4 is 0 Å². The standard InChI is InChI=1S/C24H19NO4/c26-20-11-12-21(27)25(20)19(10-13-22(28)29)17-8-6-16-5-4-14-2-1-3-15-7-9-18(17)24(16)23(14)15/h1-9,19H,10-13H2,(H,28,29). The van der Waals surface area contributed by atoms with Crippen molar-refractivity contribution in [1.29, 1.82) is 0 Å². The zero-order chi connectivity index (χ0) is 20.1. The Morgan fingerprint density at radius 2 is 1.45 bits per heavy atom. The maximum Gasteiger partial charge on any atom is 0.303 e. The van der Waals surface area contributed by atoms with E-state index in [1.807, 2.05) is 24.3 Å². The molecule has 0 saturated carbocycles. The van der Waals surface area contributed by atoms with Gasteiger partial charge in [0, 0.05) is 19.3 Å². The number of nitrogens with zero attached hydrogens (tertiary/aromatic N) is 1. The van der Waals surface area contributed by atoms with Crippen molar-refractivity contribution in [2.75, 3.05) is 0 Å². The molecule has 4 aromatic rings. The summed E-state index contributed by atoms with van der Waals surface area (Å²) in [7, 11) is 0. The van der Waals surface area contributed by atoms with Gasteiger partial charge in [-0.05, 0) is 44.3 Å². The molecule has 1 aliphatic heterocycles. The lowest BCUT2D eigenvalue weighted by atomic mass is 9.88. The van der Waals surface area contributed by atoms with E-state index in [9.17, 15) is 19.5 Å². The predicted molar refractivity (Wildman–Crippen MR) is 111 cm³/mol. The molecule has 1 aliphatic rings. The quantitative estimate of drug-likeness (QED) is 0.401. The number of carbonyl (C=O) groups excluding carboxylic acids is 2. The first-order valence-corrected chi connectivity index (χ1v) is 9.78. The van der Waals surface area contributed by atoms with Crippen molar-refractivity contribution in [3.63, 3.8) is 0 Å². The van der Waals surface area contributed by atoms with Crippen molar-refractivity contribution >= 4 is 50.1 Å². The van der Waals surface area contributed by atoms with Crippen LogP contribution in [0.25, 0.3) is 32.3 Å². The lowest BCUT2D eigenvalue weighted by Gasteiger charge is -2.28. The van der Waals surface area contributed by atoms with Crippen molar-refractivity contribution in [3.05, 3.63) is 60.2 Å². The van der Waals surface area contributed by atoms with Crippen LogP contribution in [0.15, 0.2) is 54.6 Å². The number of benzene rings is 4. The molecule has 4 aromatic carbocycles. The molecule has 0 aliphatic carbocycles. The maximum absolute atomic E-state index is 12.5. The summed E-state index contributed by atoms with van der Waals surface area (Å²) in [6.07, 6.45) is 0.475. The fourth-order valence-corrected chi connectivity index (χ4v) is 4.67. The van der Waals surface area contributed by atoms with Gasteiger partial charge in [-0.25, -0.2) is 0 Å². The number of carboxylic acid groups (broad SMARTS) is 1. The molecule has 144 valence electrons. The Hall–Kier alpha value is -3.47. The minimum Gasteiger partial charge on any atom is -0.481 e. The van der Waals surface area contributed by atoms with E-state index in [2.05, 4.69) is 30.3 Å². The Kier molecular flexibility index (Phi) is 3.98. The van der Waals surface area contributed by atoms with Gasteiger partial charge in [-0.2, -0.15) is 0 Å². The molecule has 5 rings (SSSR count).